The number of hydrogen-bond acceptors (Lipinski definition) is 9. The third-order valence-electron chi connectivity index (χ3n) is 3.24. The molecule has 0 atom stereocenters. The Morgan fingerprint density at radius 1 is 1.08 bits per heavy atom. The Hall–Kier alpha value is -2.10. The minimum atomic E-state index is 0.573. The van der Waals surface area contributed by atoms with Crippen LogP contribution in [0.3, 0.4) is 0 Å². The second-order valence-corrected chi connectivity index (χ2v) is 7.89. The average Bonchev–Trinajstić information content (AvgIpc) is 3.27. The molecule has 0 saturated carbocycles. The van der Waals surface area contributed by atoms with Gasteiger partial charge in [-0.25, -0.2) is 15.0 Å². The molecule has 0 aliphatic rings. The highest BCUT2D eigenvalue weighted by molar-refractivity contribution is 8.00. The highest BCUT2D eigenvalue weighted by atomic mass is 32.2. The molecule has 0 bridgehead atoms. The monoisotopic (exact) mass is 372 g/mol. The smallest absolute Gasteiger partial charge is 0.176 e. The van der Waals surface area contributed by atoms with E-state index in [2.05, 4.69) is 30.5 Å². The van der Waals surface area contributed by atoms with Crippen LogP contribution in [-0.2, 0) is 6.54 Å². The van der Waals surface area contributed by atoms with Crippen molar-refractivity contribution in [3.8, 4) is 10.6 Å². The first-order valence-corrected chi connectivity index (χ1v) is 9.96. The second kappa shape index (κ2) is 6.80. The summed E-state index contributed by atoms with van der Waals surface area (Å²) in [6.07, 6.45) is 3.54. The van der Waals surface area contributed by atoms with E-state index in [9.17, 15) is 0 Å². The van der Waals surface area contributed by atoms with Crippen LogP contribution in [0, 0.1) is 0 Å². The molecular weight excluding hydrogens is 360 g/mol. The number of thiazole rings is 1. The molecule has 24 heavy (non-hydrogen) atoms. The molecule has 4 aromatic rings. The Morgan fingerprint density at radius 3 is 2.79 bits per heavy atom. The van der Waals surface area contributed by atoms with Crippen LogP contribution >= 0.6 is 34.4 Å². The molecule has 6 nitrogen and oxygen atoms in total. The predicted molar refractivity (Wildman–Crippen MR) is 99.7 cm³/mol. The van der Waals surface area contributed by atoms with Crippen LogP contribution in [0.1, 0.15) is 5.01 Å². The van der Waals surface area contributed by atoms with Crippen LogP contribution < -0.4 is 5.32 Å². The summed E-state index contributed by atoms with van der Waals surface area (Å²) in [6, 6.07) is 10.1. The van der Waals surface area contributed by atoms with Crippen LogP contribution in [0.5, 0.6) is 0 Å². The second-order valence-electron chi connectivity index (χ2n) is 4.78. The van der Waals surface area contributed by atoms with Gasteiger partial charge in [0.05, 0.1) is 6.54 Å². The molecule has 1 aromatic carbocycles. The van der Waals surface area contributed by atoms with E-state index in [4.69, 9.17) is 0 Å². The molecule has 0 aliphatic heterocycles. The molecule has 0 aliphatic carbocycles. The summed E-state index contributed by atoms with van der Waals surface area (Å²) in [5.41, 5.74) is 1.81. The predicted octanol–water partition coefficient (Wildman–Crippen LogP) is 3.94. The molecule has 3 aromatic heterocycles. The zero-order valence-electron chi connectivity index (χ0n) is 12.6. The minimum absolute atomic E-state index is 0.573. The molecule has 120 valence electrons. The number of nitrogens with one attached hydrogen (secondary N) is 1. The van der Waals surface area contributed by atoms with E-state index in [-0.39, 0.29) is 0 Å². The number of nitrogens with zero attached hydrogens (tertiary/aromatic N) is 5. The molecule has 0 saturated heterocycles. The highest BCUT2D eigenvalue weighted by Gasteiger charge is 2.11. The van der Waals surface area contributed by atoms with Gasteiger partial charge in [0.2, 0.25) is 0 Å². The molecule has 0 spiro atoms. The fourth-order valence-corrected chi connectivity index (χ4v) is 4.39. The molecule has 9 heteroatoms. The SMILES string of the molecule is CSc1nc2ncnc(NCc3nnc(-c4ccccc4)s3)c2s1. The van der Waals surface area contributed by atoms with Gasteiger partial charge in [-0.15, -0.1) is 21.5 Å². The topological polar surface area (TPSA) is 76.5 Å². The Bertz CT molecular complexity index is 966. The largest absolute Gasteiger partial charge is 0.362 e. The quantitative estimate of drug-likeness (QED) is 0.532. The third-order valence-corrected chi connectivity index (χ3v) is 6.25. The lowest BCUT2D eigenvalue weighted by Crippen LogP contribution is -2.01. The van der Waals surface area contributed by atoms with Gasteiger partial charge < -0.3 is 5.32 Å². The van der Waals surface area contributed by atoms with Crippen LogP contribution in [-0.4, -0.2) is 31.4 Å². The molecule has 0 unspecified atom stereocenters. The van der Waals surface area contributed by atoms with Crippen molar-refractivity contribution in [3.05, 3.63) is 41.7 Å². The summed E-state index contributed by atoms with van der Waals surface area (Å²) in [4.78, 5) is 13.0. The van der Waals surface area contributed by atoms with Crippen molar-refractivity contribution in [2.75, 3.05) is 11.6 Å². The Balaban J connectivity index is 1.53. The van der Waals surface area contributed by atoms with Crippen LogP contribution in [0.15, 0.2) is 41.0 Å². The number of rotatable bonds is 5. The maximum absolute atomic E-state index is 4.46. The maximum Gasteiger partial charge on any atom is 0.176 e. The maximum atomic E-state index is 4.46. The Morgan fingerprint density at radius 2 is 1.96 bits per heavy atom. The third kappa shape index (κ3) is 3.10. The van der Waals surface area contributed by atoms with Crippen molar-refractivity contribution in [3.63, 3.8) is 0 Å². The minimum Gasteiger partial charge on any atom is -0.362 e. The summed E-state index contributed by atoms with van der Waals surface area (Å²) in [5, 5.41) is 13.7. The van der Waals surface area contributed by atoms with Gasteiger partial charge in [0.15, 0.2) is 9.99 Å². The summed E-state index contributed by atoms with van der Waals surface area (Å²) in [7, 11) is 0. The molecule has 0 amide bonds. The zero-order valence-corrected chi connectivity index (χ0v) is 15.1. The number of fused-ring (bicyclic) bond motifs is 1. The fourth-order valence-electron chi connectivity index (χ4n) is 2.13. The standard InChI is InChI=1S/C15H12N6S3/c1-22-15-19-13-11(24-15)12(17-8-18-13)16-7-10-20-21-14(23-10)9-5-3-2-4-6-9/h2-6,8H,7H2,1H3,(H,16,17,18). The van der Waals surface area contributed by atoms with Gasteiger partial charge in [-0.2, -0.15) is 0 Å². The summed E-state index contributed by atoms with van der Waals surface area (Å²) in [5.74, 6) is 0.786. The van der Waals surface area contributed by atoms with Gasteiger partial charge in [0.25, 0.3) is 0 Å². The first-order valence-electron chi connectivity index (χ1n) is 7.10. The lowest BCUT2D eigenvalue weighted by molar-refractivity contribution is 0.985. The van der Waals surface area contributed by atoms with E-state index in [1.54, 1.807) is 34.4 Å². The molecule has 0 fully saturated rings. The number of aromatic nitrogens is 5. The lowest BCUT2D eigenvalue weighted by atomic mass is 10.2. The van der Waals surface area contributed by atoms with Crippen molar-refractivity contribution in [1.82, 2.24) is 25.1 Å². The normalized spacial score (nSPS) is 11.0. The van der Waals surface area contributed by atoms with E-state index in [1.165, 1.54) is 6.33 Å². The Kier molecular flexibility index (Phi) is 4.37. The van der Waals surface area contributed by atoms with Gasteiger partial charge in [-0.05, 0) is 6.26 Å². The van der Waals surface area contributed by atoms with Gasteiger partial charge in [0, 0.05) is 5.56 Å². The van der Waals surface area contributed by atoms with Crippen LogP contribution in [0.25, 0.3) is 20.9 Å². The Labute approximate surface area is 150 Å². The molecule has 1 N–H and O–H groups in total. The zero-order chi connectivity index (χ0) is 16.4. The van der Waals surface area contributed by atoms with E-state index < -0.39 is 0 Å². The van der Waals surface area contributed by atoms with Gasteiger partial charge in [-0.3, -0.25) is 0 Å². The van der Waals surface area contributed by atoms with E-state index in [0.29, 0.717) is 6.54 Å². The highest BCUT2D eigenvalue weighted by Crippen LogP contribution is 2.31. The van der Waals surface area contributed by atoms with Gasteiger partial charge in [0.1, 0.15) is 26.9 Å². The van der Waals surface area contributed by atoms with Crippen molar-refractivity contribution >= 4 is 50.6 Å². The van der Waals surface area contributed by atoms with E-state index in [1.807, 2.05) is 36.6 Å². The number of thioether (sulfide) groups is 1. The van der Waals surface area contributed by atoms with E-state index in [0.717, 1.165) is 36.1 Å². The van der Waals surface area contributed by atoms with Gasteiger partial charge >= 0.3 is 0 Å². The molecular formula is C15H12N6S3. The van der Waals surface area contributed by atoms with E-state index >= 15 is 0 Å². The number of anilines is 1. The lowest BCUT2D eigenvalue weighted by Gasteiger charge is -2.02. The number of benzene rings is 1. The van der Waals surface area contributed by atoms with Crippen molar-refractivity contribution in [2.24, 2.45) is 0 Å². The summed E-state index contributed by atoms with van der Waals surface area (Å²) < 4.78 is 1.95. The van der Waals surface area contributed by atoms with Crippen LogP contribution in [0.2, 0.25) is 0 Å². The first-order chi connectivity index (χ1) is 11.8. The van der Waals surface area contributed by atoms with Crippen molar-refractivity contribution in [1.29, 1.82) is 0 Å². The van der Waals surface area contributed by atoms with Crippen molar-refractivity contribution < 1.29 is 0 Å². The fraction of sp³-hybridized carbons (Fsp3) is 0.133. The van der Waals surface area contributed by atoms with Crippen LogP contribution in [0.4, 0.5) is 5.82 Å². The molecule has 3 heterocycles. The number of hydrogen-bond donors (Lipinski definition) is 1. The average molecular weight is 373 g/mol. The summed E-state index contributed by atoms with van der Waals surface area (Å²) in [6.45, 7) is 0.573. The van der Waals surface area contributed by atoms with Crippen molar-refractivity contribution in [2.45, 2.75) is 10.9 Å². The summed E-state index contributed by atoms with van der Waals surface area (Å²) >= 11 is 4.78. The molecule has 4 rings (SSSR count). The van der Waals surface area contributed by atoms with Gasteiger partial charge in [-0.1, -0.05) is 53.4 Å². The first kappa shape index (κ1) is 15.4. The molecule has 0 radical (unpaired) electrons.